The highest BCUT2D eigenvalue weighted by molar-refractivity contribution is 5.98. The van der Waals surface area contributed by atoms with Crippen LogP contribution < -0.4 is 9.80 Å². The van der Waals surface area contributed by atoms with Crippen molar-refractivity contribution in [3.8, 4) is 0 Å². The number of aliphatic carboxylic acids is 1. The van der Waals surface area contributed by atoms with E-state index in [-0.39, 0.29) is 18.1 Å². The van der Waals surface area contributed by atoms with Gasteiger partial charge in [-0.3, -0.25) is 4.90 Å². The monoisotopic (exact) mass is 537 g/mol. The molecule has 3 heterocycles. The van der Waals surface area contributed by atoms with Gasteiger partial charge in [-0.2, -0.15) is 5.10 Å². The minimum absolute atomic E-state index is 0.00342. The van der Waals surface area contributed by atoms with Crippen LogP contribution >= 0.6 is 0 Å². The molecule has 0 saturated carbocycles. The molecule has 0 spiro atoms. The summed E-state index contributed by atoms with van der Waals surface area (Å²) in [5.74, 6) is 0.329. The number of aryl methyl sites for hydroxylation is 1. The number of amides is 2. The Morgan fingerprint density at radius 2 is 1.77 bits per heavy atom. The quantitative estimate of drug-likeness (QED) is 0.452. The molecule has 2 bridgehead atoms. The van der Waals surface area contributed by atoms with Crippen molar-refractivity contribution in [2.75, 3.05) is 16.3 Å². The van der Waals surface area contributed by atoms with Gasteiger partial charge in [0, 0.05) is 24.4 Å². The lowest BCUT2D eigenvalue weighted by Crippen LogP contribution is -2.66. The summed E-state index contributed by atoms with van der Waals surface area (Å²) in [6.45, 7) is 5.03. The van der Waals surface area contributed by atoms with Gasteiger partial charge in [-0.05, 0) is 55.9 Å². The molecule has 40 heavy (non-hydrogen) atoms. The first kappa shape index (κ1) is 25.9. The van der Waals surface area contributed by atoms with Crippen LogP contribution in [-0.4, -0.2) is 56.5 Å². The third-order valence-electron chi connectivity index (χ3n) is 8.23. The van der Waals surface area contributed by atoms with E-state index in [9.17, 15) is 14.7 Å². The molecule has 1 aromatic heterocycles. The smallest absolute Gasteiger partial charge is 0.329 e. The second-order valence-corrected chi connectivity index (χ2v) is 11.1. The molecule has 1 aliphatic carbocycles. The van der Waals surface area contributed by atoms with Crippen LogP contribution in [0, 0.1) is 12.8 Å². The maximum absolute atomic E-state index is 14.3. The lowest BCUT2D eigenvalue weighted by molar-refractivity contribution is -0.143. The van der Waals surface area contributed by atoms with Crippen LogP contribution in [0.3, 0.4) is 0 Å². The number of hydrogen-bond acceptors (Lipinski definition) is 4. The molecule has 2 aromatic carbocycles. The van der Waals surface area contributed by atoms with Gasteiger partial charge in [0.15, 0.2) is 6.04 Å². The molecule has 2 saturated heterocycles. The molecule has 2 fully saturated rings. The summed E-state index contributed by atoms with van der Waals surface area (Å²) in [4.78, 5) is 32.7. The van der Waals surface area contributed by atoms with Crippen molar-refractivity contribution in [3.05, 3.63) is 102 Å². The van der Waals surface area contributed by atoms with Crippen LogP contribution in [0.4, 0.5) is 16.3 Å². The second-order valence-electron chi connectivity index (χ2n) is 11.1. The lowest BCUT2D eigenvalue weighted by Gasteiger charge is -2.47. The van der Waals surface area contributed by atoms with Crippen molar-refractivity contribution in [1.82, 2.24) is 14.7 Å². The predicted octanol–water partition coefficient (Wildman–Crippen LogP) is 5.45. The van der Waals surface area contributed by atoms with Crippen LogP contribution in [0.2, 0.25) is 0 Å². The van der Waals surface area contributed by atoms with Gasteiger partial charge in [0.05, 0.1) is 24.0 Å². The number of piperazine rings is 1. The maximum Gasteiger partial charge on any atom is 0.329 e. The Balaban J connectivity index is 1.34. The fourth-order valence-electron chi connectivity index (χ4n) is 6.37. The molecule has 2 amide bonds. The van der Waals surface area contributed by atoms with E-state index in [4.69, 9.17) is 5.10 Å². The number of aromatic nitrogens is 2. The molecule has 1 unspecified atom stereocenters. The first-order chi connectivity index (χ1) is 19.4. The second kappa shape index (κ2) is 10.7. The van der Waals surface area contributed by atoms with Crippen molar-refractivity contribution in [1.29, 1.82) is 0 Å². The third-order valence-corrected chi connectivity index (χ3v) is 8.23. The van der Waals surface area contributed by atoms with E-state index >= 15 is 0 Å². The van der Waals surface area contributed by atoms with E-state index in [1.165, 1.54) is 0 Å². The number of carbonyl (C=O) groups excluding carboxylic acids is 1. The number of para-hydroxylation sites is 1. The predicted molar refractivity (Wildman–Crippen MR) is 155 cm³/mol. The highest BCUT2D eigenvalue weighted by atomic mass is 16.4. The topological polar surface area (TPSA) is 81.9 Å². The number of benzene rings is 2. The van der Waals surface area contributed by atoms with Crippen LogP contribution in [0.25, 0.3) is 0 Å². The van der Waals surface area contributed by atoms with Crippen molar-refractivity contribution in [2.24, 2.45) is 5.92 Å². The molecule has 4 atom stereocenters. The Bertz CT molecular complexity index is 1450. The molecule has 206 valence electrons. The van der Waals surface area contributed by atoms with E-state index in [0.717, 1.165) is 41.3 Å². The zero-order valence-corrected chi connectivity index (χ0v) is 22.9. The number of carboxylic acids is 1. The van der Waals surface area contributed by atoms with E-state index < -0.39 is 12.0 Å². The Morgan fingerprint density at radius 1 is 1.05 bits per heavy atom. The Labute approximate surface area is 234 Å². The summed E-state index contributed by atoms with van der Waals surface area (Å²) in [6.07, 6.45) is 8.50. The zero-order chi connectivity index (χ0) is 27.8. The van der Waals surface area contributed by atoms with Crippen LogP contribution in [-0.2, 0) is 11.3 Å². The van der Waals surface area contributed by atoms with Gasteiger partial charge < -0.3 is 14.9 Å². The number of nitrogens with zero attached hydrogens (tertiary/aromatic N) is 5. The minimum atomic E-state index is -0.982. The first-order valence-electron chi connectivity index (χ1n) is 14.0. The molecule has 1 N–H and O–H groups in total. The SMILES string of the molecule is Cc1cc(N2[C@H]3CC[C@@H]2[C@@H](C(=O)O)N(C(=O)N(C2=CCC(C)C=C2)c2ccccc2)C3)n(Cc2ccccc2)n1. The lowest BCUT2D eigenvalue weighted by atomic mass is 10.0. The molecule has 8 heteroatoms. The van der Waals surface area contributed by atoms with Gasteiger partial charge in [0.1, 0.15) is 5.82 Å². The molecule has 2 aliphatic heterocycles. The van der Waals surface area contributed by atoms with Crippen molar-refractivity contribution >= 4 is 23.5 Å². The largest absolute Gasteiger partial charge is 0.480 e. The summed E-state index contributed by atoms with van der Waals surface area (Å²) in [5.41, 5.74) is 3.53. The number of rotatable bonds is 6. The molecule has 6 rings (SSSR count). The van der Waals surface area contributed by atoms with Gasteiger partial charge in [-0.1, -0.05) is 67.6 Å². The molecule has 0 radical (unpaired) electrons. The molecule has 3 aromatic rings. The average Bonchev–Trinajstić information content (AvgIpc) is 3.46. The van der Waals surface area contributed by atoms with Gasteiger partial charge in [-0.25, -0.2) is 14.3 Å². The van der Waals surface area contributed by atoms with Crippen LogP contribution in [0.5, 0.6) is 0 Å². The van der Waals surface area contributed by atoms with Gasteiger partial charge in [0.25, 0.3) is 0 Å². The van der Waals surface area contributed by atoms with Crippen LogP contribution in [0.15, 0.2) is 90.7 Å². The normalized spacial score (nSPS) is 23.7. The zero-order valence-electron chi connectivity index (χ0n) is 22.9. The van der Waals surface area contributed by atoms with E-state index in [1.54, 1.807) is 9.80 Å². The maximum atomic E-state index is 14.3. The number of carboxylic acid groups (broad SMARTS) is 1. The van der Waals surface area contributed by atoms with Crippen LogP contribution in [0.1, 0.15) is 37.4 Å². The Hall–Kier alpha value is -4.33. The molecule has 3 aliphatic rings. The number of fused-ring (bicyclic) bond motifs is 2. The number of urea groups is 1. The molecular weight excluding hydrogens is 502 g/mol. The van der Waals surface area contributed by atoms with Crippen molar-refractivity contribution in [2.45, 2.75) is 57.8 Å². The minimum Gasteiger partial charge on any atom is -0.480 e. The molecular formula is C32H35N5O3. The fraction of sp³-hybridized carbons (Fsp3) is 0.344. The van der Waals surface area contributed by atoms with Gasteiger partial charge in [-0.15, -0.1) is 0 Å². The highest BCUT2D eigenvalue weighted by Gasteiger charge is 2.52. The van der Waals surface area contributed by atoms with E-state index in [1.807, 2.05) is 72.3 Å². The fourth-order valence-corrected chi connectivity index (χ4v) is 6.37. The number of allylic oxidation sites excluding steroid dienone is 3. The Morgan fingerprint density at radius 3 is 2.45 bits per heavy atom. The van der Waals surface area contributed by atoms with E-state index in [2.05, 4.69) is 36.1 Å². The summed E-state index contributed by atoms with van der Waals surface area (Å²) in [7, 11) is 0. The summed E-state index contributed by atoms with van der Waals surface area (Å²) in [6, 6.07) is 20.1. The molecule has 8 nitrogen and oxygen atoms in total. The van der Waals surface area contributed by atoms with Gasteiger partial charge >= 0.3 is 12.0 Å². The summed E-state index contributed by atoms with van der Waals surface area (Å²) in [5, 5.41) is 15.3. The van der Waals surface area contributed by atoms with Crippen molar-refractivity contribution in [3.63, 3.8) is 0 Å². The summed E-state index contributed by atoms with van der Waals surface area (Å²) >= 11 is 0. The first-order valence-corrected chi connectivity index (χ1v) is 14.0. The highest BCUT2D eigenvalue weighted by Crippen LogP contribution is 2.40. The van der Waals surface area contributed by atoms with Gasteiger partial charge in [0.2, 0.25) is 0 Å². The number of carbonyl (C=O) groups is 2. The average molecular weight is 538 g/mol. The third kappa shape index (κ3) is 4.78. The standard InChI is InChI=1S/C32H35N5O3/c1-22-13-15-26(16-14-22)36(25-11-7-4-8-12-25)32(40)34-21-27-17-18-28(30(34)31(38)39)37(27)29-19-23(2)33-35(29)20-24-9-5-3-6-10-24/h3-13,15-16,19,22,27-28,30H,14,17-18,20-21H2,1-2H3,(H,38,39)/t22?,27-,28+,30-/m0/s1. The number of anilines is 2. The Kier molecular flexibility index (Phi) is 6.92. The number of hydrogen-bond donors (Lipinski definition) is 1. The number of likely N-dealkylation sites (tertiary alicyclic amines) is 1. The van der Waals surface area contributed by atoms with E-state index in [0.29, 0.717) is 25.4 Å². The van der Waals surface area contributed by atoms with Crippen molar-refractivity contribution < 1.29 is 14.7 Å². The summed E-state index contributed by atoms with van der Waals surface area (Å²) < 4.78 is 1.97.